The zero-order valence-corrected chi connectivity index (χ0v) is 16.7. The van der Waals surface area contributed by atoms with Crippen molar-refractivity contribution in [3.05, 3.63) is 90.0 Å². The van der Waals surface area contributed by atoms with Gasteiger partial charge in [-0.25, -0.2) is 18.0 Å². The lowest BCUT2D eigenvalue weighted by Gasteiger charge is -2.13. The number of hydrogen-bond donors (Lipinski definition) is 1. The summed E-state index contributed by atoms with van der Waals surface area (Å²) < 4.78 is 51.8. The number of nitrogens with zero attached hydrogens (tertiary/aromatic N) is 1. The largest absolute Gasteiger partial charge is 0.453 e. The van der Waals surface area contributed by atoms with E-state index in [0.29, 0.717) is 11.3 Å². The third-order valence-electron chi connectivity index (χ3n) is 4.10. The number of hydrogen-bond acceptors (Lipinski definition) is 5. The van der Waals surface area contributed by atoms with Gasteiger partial charge >= 0.3 is 5.97 Å². The first-order chi connectivity index (χ1) is 15.3. The van der Waals surface area contributed by atoms with Crippen LogP contribution in [0.2, 0.25) is 0 Å². The fourth-order valence-corrected chi connectivity index (χ4v) is 2.51. The summed E-state index contributed by atoms with van der Waals surface area (Å²) in [7, 11) is 0. The molecule has 0 radical (unpaired) electrons. The van der Waals surface area contributed by atoms with Gasteiger partial charge < -0.3 is 14.8 Å². The second-order valence-electron chi connectivity index (χ2n) is 6.48. The first kappa shape index (κ1) is 22.5. The van der Waals surface area contributed by atoms with Crippen LogP contribution in [0, 0.1) is 17.5 Å². The highest BCUT2D eigenvalue weighted by Crippen LogP contribution is 2.25. The lowest BCUT2D eigenvalue weighted by molar-refractivity contribution is -0.148. The number of carbonyl (C=O) groups excluding carboxylic acids is 2. The van der Waals surface area contributed by atoms with E-state index in [2.05, 4.69) is 4.98 Å². The van der Waals surface area contributed by atoms with Crippen LogP contribution in [-0.4, -0.2) is 23.0 Å². The molecule has 9 heteroatoms. The van der Waals surface area contributed by atoms with E-state index in [4.69, 9.17) is 9.47 Å². The molecule has 2 aromatic carbocycles. The van der Waals surface area contributed by atoms with E-state index in [-0.39, 0.29) is 5.75 Å². The molecule has 1 N–H and O–H groups in total. The predicted molar refractivity (Wildman–Crippen MR) is 110 cm³/mol. The lowest BCUT2D eigenvalue weighted by Crippen LogP contribution is -2.30. The van der Waals surface area contributed by atoms with Crippen LogP contribution in [0.4, 0.5) is 18.9 Å². The maximum atomic E-state index is 14.2. The van der Waals surface area contributed by atoms with Crippen LogP contribution in [0.1, 0.15) is 12.5 Å². The summed E-state index contributed by atoms with van der Waals surface area (Å²) in [6, 6.07) is 10.4. The van der Waals surface area contributed by atoms with Crippen molar-refractivity contribution in [3.8, 4) is 11.5 Å². The first-order valence-electron chi connectivity index (χ1n) is 9.34. The summed E-state index contributed by atoms with van der Waals surface area (Å²) >= 11 is 0. The maximum Gasteiger partial charge on any atom is 0.331 e. The number of aromatic nitrogens is 1. The summed E-state index contributed by atoms with van der Waals surface area (Å²) in [6.07, 6.45) is 3.92. The van der Waals surface area contributed by atoms with Crippen molar-refractivity contribution in [2.45, 2.75) is 13.0 Å². The molecular formula is C23H17F3N2O4. The molecule has 0 spiro atoms. The molecule has 0 saturated carbocycles. The molecule has 164 valence electrons. The number of benzene rings is 2. The number of amides is 1. The van der Waals surface area contributed by atoms with Gasteiger partial charge in [-0.15, -0.1) is 0 Å². The predicted octanol–water partition coefficient (Wildman–Crippen LogP) is 4.87. The third-order valence-corrected chi connectivity index (χ3v) is 4.10. The molecule has 1 unspecified atom stereocenters. The number of para-hydroxylation sites is 1. The summed E-state index contributed by atoms with van der Waals surface area (Å²) in [5.74, 6) is -4.07. The fraction of sp³-hybridized carbons (Fsp3) is 0.0870. The summed E-state index contributed by atoms with van der Waals surface area (Å²) in [4.78, 5) is 27.9. The van der Waals surface area contributed by atoms with Gasteiger partial charge in [-0.2, -0.15) is 0 Å². The summed E-state index contributed by atoms with van der Waals surface area (Å²) in [5.41, 5.74) is -0.302. The number of rotatable bonds is 7. The SMILES string of the molecule is CC(OC(=O)/C=C/c1ccc(Oc2cccnc2)c(F)c1)C(=O)Nc1c(F)cccc1F. The number of nitrogens with one attached hydrogen (secondary N) is 1. The zero-order chi connectivity index (χ0) is 23.1. The Labute approximate surface area is 181 Å². The Hall–Kier alpha value is -4.14. The summed E-state index contributed by atoms with van der Waals surface area (Å²) in [6.45, 7) is 1.24. The number of esters is 1. The van der Waals surface area contributed by atoms with Crippen molar-refractivity contribution in [3.63, 3.8) is 0 Å². The van der Waals surface area contributed by atoms with Crippen molar-refractivity contribution >= 4 is 23.6 Å². The van der Waals surface area contributed by atoms with Gasteiger partial charge in [0.1, 0.15) is 23.1 Å². The van der Waals surface area contributed by atoms with Crippen LogP contribution in [0.15, 0.2) is 67.0 Å². The molecule has 6 nitrogen and oxygen atoms in total. The molecule has 0 aliphatic carbocycles. The molecular weight excluding hydrogens is 425 g/mol. The molecule has 0 aliphatic rings. The molecule has 1 amide bonds. The van der Waals surface area contributed by atoms with Crippen LogP contribution in [-0.2, 0) is 14.3 Å². The zero-order valence-electron chi connectivity index (χ0n) is 16.7. The van der Waals surface area contributed by atoms with E-state index >= 15 is 0 Å². The minimum absolute atomic E-state index is 0.0246. The van der Waals surface area contributed by atoms with E-state index < -0.39 is 41.1 Å². The molecule has 0 aliphatic heterocycles. The number of ether oxygens (including phenoxy) is 2. The highest BCUT2D eigenvalue weighted by Gasteiger charge is 2.20. The molecule has 1 atom stereocenters. The number of carbonyl (C=O) groups is 2. The Bertz CT molecular complexity index is 1130. The van der Waals surface area contributed by atoms with Crippen LogP contribution < -0.4 is 10.1 Å². The van der Waals surface area contributed by atoms with Crippen LogP contribution >= 0.6 is 0 Å². The number of pyridine rings is 1. The first-order valence-corrected chi connectivity index (χ1v) is 9.34. The Morgan fingerprint density at radius 2 is 1.78 bits per heavy atom. The molecule has 3 aromatic rings. The van der Waals surface area contributed by atoms with Gasteiger partial charge in [0.15, 0.2) is 17.7 Å². The minimum Gasteiger partial charge on any atom is -0.453 e. The minimum atomic E-state index is -1.34. The Morgan fingerprint density at radius 1 is 1.03 bits per heavy atom. The van der Waals surface area contributed by atoms with Crippen LogP contribution in [0.3, 0.4) is 0 Å². The Morgan fingerprint density at radius 3 is 2.44 bits per heavy atom. The van der Waals surface area contributed by atoms with Gasteiger partial charge in [0.25, 0.3) is 5.91 Å². The van der Waals surface area contributed by atoms with Crippen molar-refractivity contribution in [1.29, 1.82) is 0 Å². The van der Waals surface area contributed by atoms with Crippen LogP contribution in [0.5, 0.6) is 11.5 Å². The molecule has 1 heterocycles. The van der Waals surface area contributed by atoms with Crippen LogP contribution in [0.25, 0.3) is 6.08 Å². The molecule has 0 bridgehead atoms. The highest BCUT2D eigenvalue weighted by atomic mass is 19.1. The second-order valence-corrected chi connectivity index (χ2v) is 6.48. The monoisotopic (exact) mass is 442 g/mol. The third kappa shape index (κ3) is 5.94. The molecule has 0 fully saturated rings. The van der Waals surface area contributed by atoms with Gasteiger partial charge in [-0.05, 0) is 55.0 Å². The van der Waals surface area contributed by atoms with E-state index in [1.807, 2.05) is 5.32 Å². The van der Waals surface area contributed by atoms with Gasteiger partial charge in [0.05, 0.1) is 6.20 Å². The maximum absolute atomic E-state index is 14.2. The average Bonchev–Trinajstić information content (AvgIpc) is 2.77. The van der Waals surface area contributed by atoms with E-state index in [1.165, 1.54) is 31.3 Å². The Kier molecular flexibility index (Phi) is 7.22. The topological polar surface area (TPSA) is 77.5 Å². The fourth-order valence-electron chi connectivity index (χ4n) is 2.51. The number of halogens is 3. The Balaban J connectivity index is 1.57. The van der Waals surface area contributed by atoms with Crippen molar-refractivity contribution in [2.75, 3.05) is 5.32 Å². The van der Waals surface area contributed by atoms with Gasteiger partial charge in [0.2, 0.25) is 0 Å². The standard InChI is InChI=1S/C23H17F3N2O4/c1-14(23(30)28-22-17(24)5-2-6-18(22)25)31-21(29)10-8-15-7-9-20(19(26)12-15)32-16-4-3-11-27-13-16/h2-14H,1H3,(H,28,30)/b10-8+. The van der Waals surface area contributed by atoms with E-state index in [9.17, 15) is 22.8 Å². The molecule has 3 rings (SSSR count). The number of anilines is 1. The van der Waals surface area contributed by atoms with E-state index in [1.54, 1.807) is 18.3 Å². The van der Waals surface area contributed by atoms with Crippen molar-refractivity contribution < 1.29 is 32.2 Å². The second kappa shape index (κ2) is 10.3. The summed E-state index contributed by atoms with van der Waals surface area (Å²) in [5, 5.41) is 2.03. The normalized spacial score (nSPS) is 11.8. The smallest absolute Gasteiger partial charge is 0.331 e. The van der Waals surface area contributed by atoms with Gasteiger partial charge in [-0.3, -0.25) is 9.78 Å². The quantitative estimate of drug-likeness (QED) is 0.417. The van der Waals surface area contributed by atoms with Gasteiger partial charge in [-0.1, -0.05) is 12.1 Å². The van der Waals surface area contributed by atoms with E-state index in [0.717, 1.165) is 30.3 Å². The average molecular weight is 442 g/mol. The molecule has 1 aromatic heterocycles. The molecule has 32 heavy (non-hydrogen) atoms. The molecule has 0 saturated heterocycles. The van der Waals surface area contributed by atoms with Crippen molar-refractivity contribution in [1.82, 2.24) is 4.98 Å². The lowest BCUT2D eigenvalue weighted by atomic mass is 10.2. The van der Waals surface area contributed by atoms with Crippen molar-refractivity contribution in [2.24, 2.45) is 0 Å². The van der Waals surface area contributed by atoms with Gasteiger partial charge in [0, 0.05) is 12.3 Å². The highest BCUT2D eigenvalue weighted by molar-refractivity contribution is 5.96.